The summed E-state index contributed by atoms with van der Waals surface area (Å²) in [5.74, 6) is 1.04. The average molecular weight is 530 g/mol. The number of hydrogen-bond acceptors (Lipinski definition) is 7. The lowest BCUT2D eigenvalue weighted by molar-refractivity contribution is -0.137. The van der Waals surface area contributed by atoms with Crippen LogP contribution in [0.4, 0.5) is 10.2 Å². The van der Waals surface area contributed by atoms with E-state index in [1.165, 1.54) is 6.33 Å². The number of benzene rings is 2. The van der Waals surface area contributed by atoms with E-state index in [4.69, 9.17) is 14.3 Å². The van der Waals surface area contributed by atoms with E-state index in [-0.39, 0.29) is 18.7 Å². The van der Waals surface area contributed by atoms with Crippen molar-refractivity contribution in [2.45, 2.75) is 33.2 Å². The molecule has 5 rings (SSSR count). The Morgan fingerprint density at radius 3 is 2.64 bits per heavy atom. The Kier molecular flexibility index (Phi) is 7.27. The number of ether oxygens (including phenoxy) is 1. The van der Waals surface area contributed by atoms with E-state index in [0.717, 1.165) is 22.3 Å². The molecule has 3 heterocycles. The summed E-state index contributed by atoms with van der Waals surface area (Å²) in [6.45, 7) is 4.67. The first-order valence-corrected chi connectivity index (χ1v) is 12.5. The molecule has 200 valence electrons. The van der Waals surface area contributed by atoms with E-state index in [9.17, 15) is 9.18 Å². The zero-order valence-electron chi connectivity index (χ0n) is 21.9. The fourth-order valence-electron chi connectivity index (χ4n) is 4.64. The lowest BCUT2D eigenvalue weighted by Crippen LogP contribution is -2.12. The van der Waals surface area contributed by atoms with E-state index in [1.807, 2.05) is 54.0 Å². The predicted molar refractivity (Wildman–Crippen MR) is 145 cm³/mol. The second-order valence-corrected chi connectivity index (χ2v) is 9.11. The Hall–Kier alpha value is -4.73. The summed E-state index contributed by atoms with van der Waals surface area (Å²) >= 11 is 0. The maximum Gasteiger partial charge on any atom is 0.303 e. The van der Waals surface area contributed by atoms with E-state index >= 15 is 0 Å². The van der Waals surface area contributed by atoms with Crippen molar-refractivity contribution in [3.8, 4) is 28.3 Å². The summed E-state index contributed by atoms with van der Waals surface area (Å²) < 4.78 is 28.0. The number of aromatic nitrogens is 4. The maximum absolute atomic E-state index is 14.9. The Bertz CT molecular complexity index is 1640. The van der Waals surface area contributed by atoms with Crippen LogP contribution in [0.15, 0.2) is 59.3 Å². The van der Waals surface area contributed by atoms with Crippen molar-refractivity contribution in [3.05, 3.63) is 78.0 Å². The van der Waals surface area contributed by atoms with E-state index in [0.29, 0.717) is 53.1 Å². The van der Waals surface area contributed by atoms with Crippen molar-refractivity contribution in [1.29, 1.82) is 0 Å². The molecule has 0 atom stereocenters. The minimum atomic E-state index is -0.890. The molecule has 3 aromatic heterocycles. The molecule has 0 unspecified atom stereocenters. The Balaban J connectivity index is 1.28. The van der Waals surface area contributed by atoms with Gasteiger partial charge in [-0.1, -0.05) is 30.3 Å². The molecular weight excluding hydrogens is 501 g/mol. The Morgan fingerprint density at radius 1 is 1.13 bits per heavy atom. The molecule has 2 aromatic carbocycles. The number of rotatable bonds is 10. The number of nitrogens with zero attached hydrogens (tertiary/aromatic N) is 4. The molecule has 0 bridgehead atoms. The number of halogens is 1. The molecule has 0 aliphatic carbocycles. The Morgan fingerprint density at radius 2 is 1.90 bits per heavy atom. The second kappa shape index (κ2) is 10.9. The van der Waals surface area contributed by atoms with Gasteiger partial charge in [0.25, 0.3) is 0 Å². The highest BCUT2D eigenvalue weighted by atomic mass is 19.1. The molecule has 0 amide bonds. The standard InChI is InChI=1S/C29H28FN5O4/c1-17-29(39-25(34-17)11-12-26(36)37)20-9-7-19(8-10-20)21-15-24(33-16-32-21)31-13-14-35-18(2)28(30)27-22(35)5-4-6-23(27)38-3/h4-10,15-16H,11-14H2,1-3H3,(H,36,37)(H,31,32,33). The number of fused-ring (bicyclic) bond motifs is 1. The molecule has 10 heteroatoms. The fourth-order valence-corrected chi connectivity index (χ4v) is 4.64. The van der Waals surface area contributed by atoms with Gasteiger partial charge in [-0.3, -0.25) is 4.79 Å². The first-order chi connectivity index (χ1) is 18.9. The minimum absolute atomic E-state index is 0.0321. The van der Waals surface area contributed by atoms with Gasteiger partial charge in [-0.15, -0.1) is 0 Å². The van der Waals surface area contributed by atoms with Gasteiger partial charge in [-0.05, 0) is 26.0 Å². The highest BCUT2D eigenvalue weighted by molar-refractivity contribution is 5.88. The van der Waals surface area contributed by atoms with E-state index in [2.05, 4.69) is 20.3 Å². The molecule has 39 heavy (non-hydrogen) atoms. The topological polar surface area (TPSA) is 115 Å². The second-order valence-electron chi connectivity index (χ2n) is 9.11. The van der Waals surface area contributed by atoms with Gasteiger partial charge in [-0.25, -0.2) is 19.3 Å². The van der Waals surface area contributed by atoms with Crippen LogP contribution in [0.3, 0.4) is 0 Å². The lowest BCUT2D eigenvalue weighted by Gasteiger charge is -2.11. The molecule has 0 spiro atoms. The zero-order valence-corrected chi connectivity index (χ0v) is 21.9. The summed E-state index contributed by atoms with van der Waals surface area (Å²) in [4.78, 5) is 23.9. The van der Waals surface area contributed by atoms with Crippen LogP contribution in [0.5, 0.6) is 5.75 Å². The number of carboxylic acid groups (broad SMARTS) is 1. The molecule has 2 N–H and O–H groups in total. The Labute approximate surface area is 224 Å². The van der Waals surface area contributed by atoms with Crippen molar-refractivity contribution in [2.24, 2.45) is 0 Å². The van der Waals surface area contributed by atoms with Crippen LogP contribution in [0.1, 0.15) is 23.7 Å². The van der Waals surface area contributed by atoms with E-state index in [1.54, 1.807) is 20.1 Å². The van der Waals surface area contributed by atoms with Crippen LogP contribution in [-0.2, 0) is 17.8 Å². The normalized spacial score (nSPS) is 11.2. The molecule has 9 nitrogen and oxygen atoms in total. The van der Waals surface area contributed by atoms with Crippen molar-refractivity contribution >= 4 is 22.7 Å². The number of oxazole rings is 1. The summed E-state index contributed by atoms with van der Waals surface area (Å²) in [6, 6.07) is 15.1. The molecule has 0 saturated heterocycles. The molecular formula is C29H28FN5O4. The number of hydrogen-bond donors (Lipinski definition) is 2. The summed E-state index contributed by atoms with van der Waals surface area (Å²) in [7, 11) is 1.54. The largest absolute Gasteiger partial charge is 0.496 e. The van der Waals surface area contributed by atoms with E-state index < -0.39 is 5.97 Å². The van der Waals surface area contributed by atoms with Gasteiger partial charge in [0.05, 0.1) is 41.5 Å². The van der Waals surface area contributed by atoms with Crippen LogP contribution >= 0.6 is 0 Å². The van der Waals surface area contributed by atoms with Crippen LogP contribution in [-0.4, -0.2) is 44.2 Å². The summed E-state index contributed by atoms with van der Waals surface area (Å²) in [5.41, 5.74) is 4.53. The SMILES string of the molecule is COc1cccc2c1c(F)c(C)n2CCNc1cc(-c2ccc(-c3oc(CCC(=O)O)nc3C)cc2)ncn1. The molecule has 0 fully saturated rings. The van der Waals surface area contributed by atoms with Crippen LogP contribution in [0.25, 0.3) is 33.5 Å². The minimum Gasteiger partial charge on any atom is -0.496 e. The third-order valence-electron chi connectivity index (χ3n) is 6.60. The predicted octanol–water partition coefficient (Wildman–Crippen LogP) is 5.65. The van der Waals surface area contributed by atoms with Gasteiger partial charge >= 0.3 is 5.97 Å². The molecule has 0 radical (unpaired) electrons. The number of anilines is 1. The lowest BCUT2D eigenvalue weighted by atomic mass is 10.1. The van der Waals surface area contributed by atoms with Crippen molar-refractivity contribution < 1.29 is 23.4 Å². The van der Waals surface area contributed by atoms with Crippen LogP contribution in [0.2, 0.25) is 0 Å². The van der Waals surface area contributed by atoms with Gasteiger partial charge in [0, 0.05) is 36.7 Å². The van der Waals surface area contributed by atoms with Crippen molar-refractivity contribution in [2.75, 3.05) is 19.0 Å². The smallest absolute Gasteiger partial charge is 0.303 e. The average Bonchev–Trinajstić information content (AvgIpc) is 3.44. The zero-order chi connectivity index (χ0) is 27.5. The van der Waals surface area contributed by atoms with Gasteiger partial charge in [0.1, 0.15) is 17.9 Å². The molecule has 0 aliphatic heterocycles. The van der Waals surface area contributed by atoms with Gasteiger partial charge < -0.3 is 24.1 Å². The van der Waals surface area contributed by atoms with Gasteiger partial charge in [0.2, 0.25) is 0 Å². The molecule has 0 aliphatic rings. The van der Waals surface area contributed by atoms with Crippen LogP contribution < -0.4 is 10.1 Å². The quantitative estimate of drug-likeness (QED) is 0.239. The van der Waals surface area contributed by atoms with Crippen molar-refractivity contribution in [1.82, 2.24) is 19.5 Å². The number of methoxy groups -OCH3 is 1. The van der Waals surface area contributed by atoms with Gasteiger partial charge in [0.15, 0.2) is 17.5 Å². The monoisotopic (exact) mass is 529 g/mol. The summed E-state index contributed by atoms with van der Waals surface area (Å²) in [6.07, 6.45) is 1.71. The number of carbonyl (C=O) groups is 1. The number of aryl methyl sites for hydroxylation is 2. The van der Waals surface area contributed by atoms with Crippen LogP contribution in [0, 0.1) is 19.7 Å². The first-order valence-electron chi connectivity index (χ1n) is 12.5. The maximum atomic E-state index is 14.9. The third-order valence-corrected chi connectivity index (χ3v) is 6.60. The highest BCUT2D eigenvalue weighted by Crippen LogP contribution is 2.32. The van der Waals surface area contributed by atoms with Gasteiger partial charge in [-0.2, -0.15) is 0 Å². The summed E-state index contributed by atoms with van der Waals surface area (Å²) in [5, 5.41) is 12.7. The first kappa shape index (κ1) is 25.9. The highest BCUT2D eigenvalue weighted by Gasteiger charge is 2.17. The number of nitrogens with one attached hydrogen (secondary N) is 1. The number of aliphatic carboxylic acids is 1. The molecule has 5 aromatic rings. The fraction of sp³-hybridized carbons (Fsp3) is 0.241. The molecule has 0 saturated carbocycles. The van der Waals surface area contributed by atoms with Crippen molar-refractivity contribution in [3.63, 3.8) is 0 Å². The number of carboxylic acids is 1. The third kappa shape index (κ3) is 5.31.